The minimum atomic E-state index is -4.18. The predicted octanol–water partition coefficient (Wildman–Crippen LogP) is 3.53. The molecule has 0 unspecified atom stereocenters. The van der Waals surface area contributed by atoms with E-state index in [9.17, 15) is 26.0 Å². The summed E-state index contributed by atoms with van der Waals surface area (Å²) in [7, 11) is -5.64. The topological polar surface area (TPSA) is 116 Å². The third kappa shape index (κ3) is 5.17. The number of pyridine rings is 1. The van der Waals surface area contributed by atoms with Crippen molar-refractivity contribution in [2.45, 2.75) is 16.3 Å². The number of halogens is 1. The van der Waals surface area contributed by atoms with E-state index in [1.807, 2.05) is 0 Å². The molecule has 0 saturated carbocycles. The van der Waals surface area contributed by atoms with Crippen LogP contribution in [0.15, 0.2) is 95.1 Å². The Labute approximate surface area is 213 Å². The number of carbonyl (C=O) groups excluding carboxylic acids is 1. The summed E-state index contributed by atoms with van der Waals surface area (Å²) in [5.74, 6) is -1.24. The Bertz CT molecular complexity index is 1650. The third-order valence-electron chi connectivity index (χ3n) is 5.57. The van der Waals surface area contributed by atoms with E-state index in [1.54, 1.807) is 6.07 Å². The monoisotopic (exact) mass is 543 g/mol. The van der Waals surface area contributed by atoms with Gasteiger partial charge in [-0.1, -0.05) is 12.1 Å². The predicted molar refractivity (Wildman–Crippen MR) is 133 cm³/mol. The van der Waals surface area contributed by atoms with Gasteiger partial charge in [0.15, 0.2) is 0 Å². The van der Waals surface area contributed by atoms with Gasteiger partial charge in [-0.15, -0.1) is 0 Å². The van der Waals surface area contributed by atoms with Crippen molar-refractivity contribution in [3.8, 4) is 11.3 Å². The first kappa shape index (κ1) is 26.2. The fourth-order valence-corrected chi connectivity index (χ4v) is 6.18. The number of nitrogens with zero attached hydrogens (tertiary/aromatic N) is 3. The van der Waals surface area contributed by atoms with Crippen molar-refractivity contribution >= 4 is 26.0 Å². The molecule has 0 amide bonds. The normalized spacial score (nSPS) is 12.0. The molecule has 37 heavy (non-hydrogen) atoms. The zero-order chi connectivity index (χ0) is 26.8. The van der Waals surface area contributed by atoms with Crippen LogP contribution in [0.4, 0.5) is 4.39 Å². The van der Waals surface area contributed by atoms with Gasteiger partial charge in [0, 0.05) is 37.7 Å². The maximum absolute atomic E-state index is 14.7. The summed E-state index contributed by atoms with van der Waals surface area (Å²) in [4.78, 5) is 15.3. The Kier molecular flexibility index (Phi) is 7.25. The lowest BCUT2D eigenvalue weighted by atomic mass is 10.1. The molecular weight excluding hydrogens is 521 g/mol. The first-order valence-corrected chi connectivity index (χ1v) is 13.7. The van der Waals surface area contributed by atoms with Gasteiger partial charge in [0.2, 0.25) is 10.0 Å². The van der Waals surface area contributed by atoms with Crippen molar-refractivity contribution in [1.29, 1.82) is 0 Å². The van der Waals surface area contributed by atoms with Crippen LogP contribution in [0.2, 0.25) is 0 Å². The van der Waals surface area contributed by atoms with E-state index in [-0.39, 0.29) is 33.2 Å². The Balaban J connectivity index is 1.73. The second kappa shape index (κ2) is 10.2. The van der Waals surface area contributed by atoms with Gasteiger partial charge in [-0.2, -0.15) is 4.31 Å². The van der Waals surface area contributed by atoms with Gasteiger partial charge in [0.25, 0.3) is 10.0 Å². The number of benzene rings is 2. The summed E-state index contributed by atoms with van der Waals surface area (Å²) >= 11 is 0. The fraction of sp³-hybridized carbons (Fsp3) is 0.120. The summed E-state index contributed by atoms with van der Waals surface area (Å²) in [6, 6.07) is 15.2. The summed E-state index contributed by atoms with van der Waals surface area (Å²) < 4.78 is 74.3. The van der Waals surface area contributed by atoms with E-state index >= 15 is 0 Å². The highest BCUT2D eigenvalue weighted by Crippen LogP contribution is 2.30. The summed E-state index contributed by atoms with van der Waals surface area (Å²) in [5, 5.41) is 0. The van der Waals surface area contributed by atoms with Gasteiger partial charge >= 0.3 is 5.97 Å². The molecule has 2 aromatic heterocycles. The molecule has 12 heteroatoms. The highest BCUT2D eigenvalue weighted by Gasteiger charge is 2.26. The summed E-state index contributed by atoms with van der Waals surface area (Å²) in [6.07, 6.45) is 3.86. The lowest BCUT2D eigenvalue weighted by Crippen LogP contribution is -2.26. The summed E-state index contributed by atoms with van der Waals surface area (Å²) in [6.45, 7) is -0.210. The van der Waals surface area contributed by atoms with E-state index in [0.29, 0.717) is 5.56 Å². The number of esters is 1. The van der Waals surface area contributed by atoms with Gasteiger partial charge in [-0.3, -0.25) is 4.98 Å². The molecule has 2 aromatic carbocycles. The van der Waals surface area contributed by atoms with Crippen molar-refractivity contribution in [3.63, 3.8) is 0 Å². The molecule has 9 nitrogen and oxygen atoms in total. The molecule has 0 aliphatic rings. The molecule has 4 rings (SSSR count). The van der Waals surface area contributed by atoms with Gasteiger partial charge in [-0.25, -0.2) is 30.0 Å². The molecule has 0 aliphatic heterocycles. The first-order chi connectivity index (χ1) is 17.6. The molecule has 0 spiro atoms. The number of rotatable bonds is 8. The zero-order valence-electron chi connectivity index (χ0n) is 19.8. The third-order valence-corrected chi connectivity index (χ3v) is 9.05. The van der Waals surface area contributed by atoms with Crippen LogP contribution in [-0.2, 0) is 31.3 Å². The maximum Gasteiger partial charge on any atom is 0.337 e. The van der Waals surface area contributed by atoms with E-state index in [0.717, 1.165) is 8.28 Å². The molecule has 0 aliphatic carbocycles. The van der Waals surface area contributed by atoms with Gasteiger partial charge in [0.05, 0.1) is 23.3 Å². The smallest absolute Gasteiger partial charge is 0.337 e. The number of sulfonamides is 1. The average molecular weight is 544 g/mol. The van der Waals surface area contributed by atoms with Crippen LogP contribution >= 0.6 is 0 Å². The highest BCUT2D eigenvalue weighted by molar-refractivity contribution is 7.90. The van der Waals surface area contributed by atoms with Crippen LogP contribution in [0.1, 0.15) is 15.9 Å². The number of hydrogen-bond donors (Lipinski definition) is 0. The first-order valence-electron chi connectivity index (χ1n) is 10.8. The van der Waals surface area contributed by atoms with Crippen molar-refractivity contribution in [2.24, 2.45) is 0 Å². The Morgan fingerprint density at radius 2 is 1.70 bits per heavy atom. The van der Waals surface area contributed by atoms with Crippen molar-refractivity contribution in [2.75, 3.05) is 14.2 Å². The van der Waals surface area contributed by atoms with Crippen molar-refractivity contribution in [1.82, 2.24) is 13.3 Å². The molecule has 0 bridgehead atoms. The molecule has 4 aromatic rings. The van der Waals surface area contributed by atoms with Crippen molar-refractivity contribution < 1.29 is 30.8 Å². The number of aromatic nitrogens is 2. The van der Waals surface area contributed by atoms with Gasteiger partial charge in [0.1, 0.15) is 10.7 Å². The number of carbonyl (C=O) groups is 1. The zero-order valence-corrected chi connectivity index (χ0v) is 21.4. The van der Waals surface area contributed by atoms with Crippen LogP contribution in [0, 0.1) is 5.82 Å². The van der Waals surface area contributed by atoms with Gasteiger partial charge in [-0.05, 0) is 60.2 Å². The molecule has 0 fully saturated rings. The van der Waals surface area contributed by atoms with Crippen LogP contribution in [0.3, 0.4) is 0 Å². The van der Waals surface area contributed by atoms with E-state index in [2.05, 4.69) is 9.72 Å². The molecular formula is C25H22FN3O6S2. The second-order valence-corrected chi connectivity index (χ2v) is 11.8. The minimum absolute atomic E-state index is 0.0325. The molecule has 0 saturated heterocycles. The molecule has 0 atom stereocenters. The van der Waals surface area contributed by atoms with Gasteiger partial charge < -0.3 is 4.74 Å². The molecule has 2 heterocycles. The minimum Gasteiger partial charge on any atom is -0.465 e. The fourth-order valence-electron chi connectivity index (χ4n) is 3.66. The lowest BCUT2D eigenvalue weighted by Gasteiger charge is -2.16. The second-order valence-electron chi connectivity index (χ2n) is 7.98. The standard InChI is InChI=1S/C25H22FN3O6S2/c1-28(36(31,32)20-11-9-19(10-12-20)25(30)35-2)16-18-14-24(22-7-3-4-8-23(22)26)29(17-18)37(33,34)21-6-5-13-27-15-21/h3-15,17H,16H2,1-2H3. The average Bonchev–Trinajstić information content (AvgIpc) is 3.33. The number of ether oxygens (including phenoxy) is 1. The van der Waals surface area contributed by atoms with E-state index < -0.39 is 31.8 Å². The van der Waals surface area contributed by atoms with Crippen LogP contribution < -0.4 is 0 Å². The molecule has 0 radical (unpaired) electrons. The lowest BCUT2D eigenvalue weighted by molar-refractivity contribution is 0.0600. The quantitative estimate of drug-likeness (QED) is 0.312. The number of methoxy groups -OCH3 is 1. The molecule has 192 valence electrons. The Morgan fingerprint density at radius 3 is 2.32 bits per heavy atom. The van der Waals surface area contributed by atoms with Crippen LogP contribution in [0.25, 0.3) is 11.3 Å². The highest BCUT2D eigenvalue weighted by atomic mass is 32.2. The Hall–Kier alpha value is -3.87. The van der Waals surface area contributed by atoms with Crippen molar-refractivity contribution in [3.05, 3.63) is 102 Å². The van der Waals surface area contributed by atoms with Crippen LogP contribution in [-0.4, -0.2) is 50.2 Å². The van der Waals surface area contributed by atoms with E-state index in [4.69, 9.17) is 0 Å². The maximum atomic E-state index is 14.7. The molecule has 0 N–H and O–H groups in total. The Morgan fingerprint density at radius 1 is 1.00 bits per heavy atom. The van der Waals surface area contributed by atoms with E-state index in [1.165, 1.54) is 93.4 Å². The summed E-state index contributed by atoms with van der Waals surface area (Å²) in [5.41, 5.74) is 0.564. The van der Waals surface area contributed by atoms with Crippen LogP contribution in [0.5, 0.6) is 0 Å². The SMILES string of the molecule is COC(=O)c1ccc(S(=O)(=O)N(C)Cc2cc(-c3ccccc3F)n(S(=O)(=O)c3cccnc3)c2)cc1. The largest absolute Gasteiger partial charge is 0.465 e. The number of hydrogen-bond acceptors (Lipinski definition) is 7.